The zero-order chi connectivity index (χ0) is 15.2. The van der Waals surface area contributed by atoms with E-state index in [9.17, 15) is 4.79 Å². The molecule has 0 amide bonds. The summed E-state index contributed by atoms with van der Waals surface area (Å²) in [6.07, 6.45) is 4.52. The van der Waals surface area contributed by atoms with Crippen LogP contribution in [0.3, 0.4) is 0 Å². The number of aryl methyl sites for hydroxylation is 1. The first-order valence-electron chi connectivity index (χ1n) is 8.09. The van der Waals surface area contributed by atoms with E-state index in [2.05, 4.69) is 4.90 Å². The van der Waals surface area contributed by atoms with Crippen LogP contribution in [0.1, 0.15) is 55.5 Å². The van der Waals surface area contributed by atoms with Gasteiger partial charge >= 0.3 is 0 Å². The van der Waals surface area contributed by atoms with Crippen LogP contribution in [0.5, 0.6) is 5.75 Å². The van der Waals surface area contributed by atoms with E-state index in [1.807, 2.05) is 39.0 Å². The molecule has 0 aliphatic carbocycles. The molecule has 0 atom stereocenters. The molecule has 0 aromatic heterocycles. The van der Waals surface area contributed by atoms with Crippen molar-refractivity contribution >= 4 is 5.78 Å². The molecule has 3 heteroatoms. The molecule has 0 bridgehead atoms. The van der Waals surface area contributed by atoms with Gasteiger partial charge < -0.3 is 9.64 Å². The molecule has 2 rings (SSSR count). The lowest BCUT2D eigenvalue weighted by Gasteiger charge is -2.26. The molecule has 1 aliphatic heterocycles. The Morgan fingerprint density at radius 1 is 1.24 bits per heavy atom. The number of likely N-dealkylation sites (tertiary alicyclic amines) is 1. The summed E-state index contributed by atoms with van der Waals surface area (Å²) < 4.78 is 5.78. The topological polar surface area (TPSA) is 29.5 Å². The normalized spacial score (nSPS) is 16.2. The maximum Gasteiger partial charge on any atom is 0.167 e. The van der Waals surface area contributed by atoms with Crippen LogP contribution in [-0.4, -0.2) is 36.4 Å². The molecule has 1 fully saturated rings. The SMILES string of the molecule is Cc1ccc(OC(C)C)c(C(=O)CCN2CCCCC2)c1. The fraction of sp³-hybridized carbons (Fsp3) is 0.611. The number of ether oxygens (including phenoxy) is 1. The molecular formula is C18H27NO2. The van der Waals surface area contributed by atoms with E-state index in [-0.39, 0.29) is 11.9 Å². The van der Waals surface area contributed by atoms with Gasteiger partial charge in [-0.25, -0.2) is 0 Å². The largest absolute Gasteiger partial charge is 0.490 e. The molecular weight excluding hydrogens is 262 g/mol. The highest BCUT2D eigenvalue weighted by Crippen LogP contribution is 2.23. The van der Waals surface area contributed by atoms with Crippen molar-refractivity contribution in [2.45, 2.75) is 52.6 Å². The molecule has 0 unspecified atom stereocenters. The first-order chi connectivity index (χ1) is 10.1. The molecule has 1 aromatic carbocycles. The lowest BCUT2D eigenvalue weighted by atomic mass is 10.0. The van der Waals surface area contributed by atoms with Gasteiger partial charge in [0.05, 0.1) is 11.7 Å². The predicted octanol–water partition coefficient (Wildman–Crippen LogP) is 3.84. The third-order valence-corrected chi connectivity index (χ3v) is 3.90. The van der Waals surface area contributed by atoms with Gasteiger partial charge in [0.15, 0.2) is 5.78 Å². The van der Waals surface area contributed by atoms with Gasteiger partial charge in [0.1, 0.15) is 5.75 Å². The van der Waals surface area contributed by atoms with Crippen LogP contribution in [0.2, 0.25) is 0 Å². The molecule has 116 valence electrons. The number of carbonyl (C=O) groups is 1. The summed E-state index contributed by atoms with van der Waals surface area (Å²) in [7, 11) is 0. The number of rotatable bonds is 6. The maximum absolute atomic E-state index is 12.5. The zero-order valence-electron chi connectivity index (χ0n) is 13.5. The summed E-state index contributed by atoms with van der Waals surface area (Å²) in [5.41, 5.74) is 1.84. The van der Waals surface area contributed by atoms with Crippen molar-refractivity contribution in [2.75, 3.05) is 19.6 Å². The van der Waals surface area contributed by atoms with Gasteiger partial charge in [-0.15, -0.1) is 0 Å². The average molecular weight is 289 g/mol. The highest BCUT2D eigenvalue weighted by molar-refractivity contribution is 5.99. The van der Waals surface area contributed by atoms with Crippen molar-refractivity contribution in [3.63, 3.8) is 0 Å². The Labute approximate surface area is 128 Å². The van der Waals surface area contributed by atoms with Crippen LogP contribution in [0.15, 0.2) is 18.2 Å². The first kappa shape index (κ1) is 16.0. The Kier molecular flexibility index (Phi) is 5.80. The van der Waals surface area contributed by atoms with Gasteiger partial charge in [0.2, 0.25) is 0 Å². The second-order valence-corrected chi connectivity index (χ2v) is 6.24. The van der Waals surface area contributed by atoms with Crippen molar-refractivity contribution in [2.24, 2.45) is 0 Å². The van der Waals surface area contributed by atoms with Gasteiger partial charge in [0.25, 0.3) is 0 Å². The van der Waals surface area contributed by atoms with Crippen molar-refractivity contribution < 1.29 is 9.53 Å². The number of nitrogens with zero attached hydrogens (tertiary/aromatic N) is 1. The van der Waals surface area contributed by atoms with E-state index in [1.54, 1.807) is 0 Å². The molecule has 21 heavy (non-hydrogen) atoms. The predicted molar refractivity (Wildman–Crippen MR) is 86.2 cm³/mol. The molecule has 1 aromatic rings. The Morgan fingerprint density at radius 2 is 1.95 bits per heavy atom. The molecule has 0 N–H and O–H groups in total. The third-order valence-electron chi connectivity index (χ3n) is 3.90. The summed E-state index contributed by atoms with van der Waals surface area (Å²) in [6, 6.07) is 5.87. The van der Waals surface area contributed by atoms with Gasteiger partial charge in [-0.3, -0.25) is 4.79 Å². The molecule has 0 saturated carbocycles. The lowest BCUT2D eigenvalue weighted by molar-refractivity contribution is 0.0953. The van der Waals surface area contributed by atoms with Gasteiger partial charge in [-0.2, -0.15) is 0 Å². The van der Waals surface area contributed by atoms with Crippen LogP contribution in [0.25, 0.3) is 0 Å². The average Bonchev–Trinajstić information content (AvgIpc) is 2.47. The summed E-state index contributed by atoms with van der Waals surface area (Å²) in [5, 5.41) is 0. The smallest absolute Gasteiger partial charge is 0.167 e. The summed E-state index contributed by atoms with van der Waals surface area (Å²) in [4.78, 5) is 14.9. The molecule has 1 saturated heterocycles. The van der Waals surface area contributed by atoms with Gasteiger partial charge in [0, 0.05) is 13.0 Å². The molecule has 0 radical (unpaired) electrons. The summed E-state index contributed by atoms with van der Waals surface area (Å²) >= 11 is 0. The highest BCUT2D eigenvalue weighted by Gasteiger charge is 2.16. The van der Waals surface area contributed by atoms with Crippen molar-refractivity contribution in [3.8, 4) is 5.75 Å². The van der Waals surface area contributed by atoms with Crippen LogP contribution >= 0.6 is 0 Å². The first-order valence-corrected chi connectivity index (χ1v) is 8.09. The summed E-state index contributed by atoms with van der Waals surface area (Å²) in [6.45, 7) is 9.13. The lowest BCUT2D eigenvalue weighted by Crippen LogP contribution is -2.31. The molecule has 1 heterocycles. The minimum absolute atomic E-state index is 0.0846. The van der Waals surface area contributed by atoms with E-state index in [0.717, 1.165) is 36.5 Å². The van der Waals surface area contributed by atoms with Crippen molar-refractivity contribution in [1.29, 1.82) is 0 Å². The minimum Gasteiger partial charge on any atom is -0.490 e. The van der Waals surface area contributed by atoms with E-state index in [1.165, 1.54) is 19.3 Å². The maximum atomic E-state index is 12.5. The van der Waals surface area contributed by atoms with Crippen molar-refractivity contribution in [1.82, 2.24) is 4.90 Å². The Balaban J connectivity index is 2.01. The monoisotopic (exact) mass is 289 g/mol. The Bertz CT molecular complexity index is 476. The highest BCUT2D eigenvalue weighted by atomic mass is 16.5. The van der Waals surface area contributed by atoms with E-state index in [0.29, 0.717) is 6.42 Å². The number of piperidine rings is 1. The zero-order valence-corrected chi connectivity index (χ0v) is 13.5. The molecule has 1 aliphatic rings. The number of hydrogen-bond donors (Lipinski definition) is 0. The Morgan fingerprint density at radius 3 is 2.62 bits per heavy atom. The number of hydrogen-bond acceptors (Lipinski definition) is 3. The second kappa shape index (κ2) is 7.60. The van der Waals surface area contributed by atoms with Crippen LogP contribution < -0.4 is 4.74 Å². The summed E-state index contributed by atoms with van der Waals surface area (Å²) in [5.74, 6) is 0.916. The number of ketones is 1. The number of carbonyl (C=O) groups excluding carboxylic acids is 1. The fourth-order valence-corrected chi connectivity index (χ4v) is 2.80. The Hall–Kier alpha value is -1.35. The van der Waals surface area contributed by atoms with Crippen LogP contribution in [0, 0.1) is 6.92 Å². The standard InChI is InChI=1S/C18H27NO2/c1-14(2)21-18-8-7-15(3)13-16(18)17(20)9-12-19-10-5-4-6-11-19/h7-8,13-14H,4-6,9-12H2,1-3H3. The van der Waals surface area contributed by atoms with Gasteiger partial charge in [-0.05, 0) is 58.8 Å². The number of Topliss-reactive ketones (excluding diaryl/α,β-unsaturated/α-hetero) is 1. The van der Waals surface area contributed by atoms with Crippen molar-refractivity contribution in [3.05, 3.63) is 29.3 Å². The minimum atomic E-state index is 0.0846. The fourth-order valence-electron chi connectivity index (χ4n) is 2.80. The van der Waals surface area contributed by atoms with E-state index in [4.69, 9.17) is 4.74 Å². The number of benzene rings is 1. The quantitative estimate of drug-likeness (QED) is 0.745. The van der Waals surface area contributed by atoms with Crippen LogP contribution in [-0.2, 0) is 0 Å². The van der Waals surface area contributed by atoms with Gasteiger partial charge in [-0.1, -0.05) is 18.1 Å². The van der Waals surface area contributed by atoms with E-state index < -0.39 is 0 Å². The van der Waals surface area contributed by atoms with Crippen LogP contribution in [0.4, 0.5) is 0 Å². The van der Waals surface area contributed by atoms with E-state index >= 15 is 0 Å². The third kappa shape index (κ3) is 4.85. The molecule has 3 nitrogen and oxygen atoms in total. The molecule has 0 spiro atoms. The second-order valence-electron chi connectivity index (χ2n) is 6.24.